The van der Waals surface area contributed by atoms with E-state index in [4.69, 9.17) is 10.5 Å². The minimum atomic E-state index is -0.505. The van der Waals surface area contributed by atoms with Gasteiger partial charge in [-0.1, -0.05) is 15.9 Å². The van der Waals surface area contributed by atoms with Gasteiger partial charge in [0, 0.05) is 15.7 Å². The highest BCUT2D eigenvalue weighted by molar-refractivity contribution is 9.10. The third-order valence-electron chi connectivity index (χ3n) is 1.79. The molecular formula is C10H11BrFNO2. The monoisotopic (exact) mass is 275 g/mol. The largest absolute Gasteiger partial charge is 0.466 e. The van der Waals surface area contributed by atoms with Crippen molar-refractivity contribution in [3.05, 3.63) is 28.0 Å². The Kier molecular flexibility index (Phi) is 4.08. The fourth-order valence-corrected chi connectivity index (χ4v) is 1.74. The van der Waals surface area contributed by atoms with Crippen LogP contribution in [0.1, 0.15) is 12.5 Å². The predicted molar refractivity (Wildman–Crippen MR) is 58.8 cm³/mol. The molecule has 0 fully saturated rings. The first-order chi connectivity index (χ1) is 7.04. The first-order valence-electron chi connectivity index (χ1n) is 4.43. The van der Waals surface area contributed by atoms with Crippen molar-refractivity contribution in [3.63, 3.8) is 0 Å². The topological polar surface area (TPSA) is 52.3 Å². The molecule has 0 heterocycles. The summed E-state index contributed by atoms with van der Waals surface area (Å²) in [5, 5.41) is 0. The number of halogens is 2. The molecule has 15 heavy (non-hydrogen) atoms. The molecule has 0 amide bonds. The average Bonchev–Trinajstić information content (AvgIpc) is 2.11. The van der Waals surface area contributed by atoms with Crippen molar-refractivity contribution in [3.8, 4) is 0 Å². The van der Waals surface area contributed by atoms with Crippen LogP contribution in [-0.4, -0.2) is 12.6 Å². The molecule has 3 nitrogen and oxygen atoms in total. The summed E-state index contributed by atoms with van der Waals surface area (Å²) in [6, 6.07) is 2.73. The molecule has 0 aliphatic heterocycles. The van der Waals surface area contributed by atoms with Crippen molar-refractivity contribution >= 4 is 27.6 Å². The van der Waals surface area contributed by atoms with Crippen LogP contribution in [-0.2, 0) is 16.0 Å². The molecular weight excluding hydrogens is 265 g/mol. The maximum Gasteiger partial charge on any atom is 0.310 e. The van der Waals surface area contributed by atoms with Gasteiger partial charge in [-0.15, -0.1) is 0 Å². The van der Waals surface area contributed by atoms with E-state index in [-0.39, 0.29) is 18.6 Å². The van der Waals surface area contributed by atoms with Crippen molar-refractivity contribution in [1.29, 1.82) is 0 Å². The van der Waals surface area contributed by atoms with E-state index in [1.165, 1.54) is 6.07 Å². The van der Waals surface area contributed by atoms with Gasteiger partial charge in [0.05, 0.1) is 13.0 Å². The first kappa shape index (κ1) is 12.0. The summed E-state index contributed by atoms with van der Waals surface area (Å²) in [7, 11) is 0. The number of ether oxygens (including phenoxy) is 1. The minimum Gasteiger partial charge on any atom is -0.466 e. The second-order valence-corrected chi connectivity index (χ2v) is 3.80. The number of nitrogens with two attached hydrogens (primary N) is 1. The maximum absolute atomic E-state index is 13.4. The van der Waals surface area contributed by atoms with Gasteiger partial charge in [0.1, 0.15) is 5.82 Å². The summed E-state index contributed by atoms with van der Waals surface area (Å²) >= 11 is 3.15. The quantitative estimate of drug-likeness (QED) is 0.680. The van der Waals surface area contributed by atoms with Gasteiger partial charge < -0.3 is 10.5 Å². The number of anilines is 1. The molecule has 5 heteroatoms. The number of rotatable bonds is 3. The van der Waals surface area contributed by atoms with E-state index in [0.717, 1.165) is 0 Å². The smallest absolute Gasteiger partial charge is 0.310 e. The van der Waals surface area contributed by atoms with Gasteiger partial charge >= 0.3 is 5.97 Å². The zero-order valence-corrected chi connectivity index (χ0v) is 9.80. The Morgan fingerprint density at radius 2 is 2.27 bits per heavy atom. The number of benzene rings is 1. The molecule has 82 valence electrons. The van der Waals surface area contributed by atoms with Crippen LogP contribution in [0, 0.1) is 5.82 Å². The molecule has 0 bridgehead atoms. The Hall–Kier alpha value is -1.10. The molecule has 0 atom stereocenters. The summed E-state index contributed by atoms with van der Waals surface area (Å²) < 4.78 is 18.6. The van der Waals surface area contributed by atoms with E-state index in [9.17, 15) is 9.18 Å². The Bertz CT molecular complexity index is 359. The number of carbonyl (C=O) groups excluding carboxylic acids is 1. The highest BCUT2D eigenvalue weighted by Gasteiger charge is 2.13. The van der Waals surface area contributed by atoms with E-state index < -0.39 is 11.8 Å². The molecule has 0 unspecified atom stereocenters. The molecule has 0 aliphatic carbocycles. The predicted octanol–water partition coefficient (Wildman–Crippen LogP) is 2.28. The third kappa shape index (κ3) is 3.20. The Labute approximate surface area is 95.5 Å². The van der Waals surface area contributed by atoms with Gasteiger partial charge in [-0.2, -0.15) is 0 Å². The lowest BCUT2D eigenvalue weighted by Crippen LogP contribution is -2.09. The molecule has 0 radical (unpaired) electrons. The van der Waals surface area contributed by atoms with Crippen molar-refractivity contribution in [2.75, 3.05) is 12.3 Å². The van der Waals surface area contributed by atoms with Crippen LogP contribution >= 0.6 is 15.9 Å². The van der Waals surface area contributed by atoms with Gasteiger partial charge in [-0.3, -0.25) is 4.79 Å². The molecule has 2 N–H and O–H groups in total. The molecule has 0 saturated heterocycles. The van der Waals surface area contributed by atoms with Crippen LogP contribution in [0.2, 0.25) is 0 Å². The summed E-state index contributed by atoms with van der Waals surface area (Å²) in [5.74, 6) is -0.961. The molecule has 0 aromatic heterocycles. The SMILES string of the molecule is CCOC(=O)Cc1c(F)cc(N)cc1Br. The average molecular weight is 276 g/mol. The molecule has 0 aliphatic rings. The van der Waals surface area contributed by atoms with E-state index in [2.05, 4.69) is 15.9 Å². The number of hydrogen-bond acceptors (Lipinski definition) is 3. The van der Waals surface area contributed by atoms with E-state index >= 15 is 0 Å². The lowest BCUT2D eigenvalue weighted by molar-refractivity contribution is -0.142. The minimum absolute atomic E-state index is 0.0967. The summed E-state index contributed by atoms with van der Waals surface area (Å²) in [6.07, 6.45) is -0.0967. The Balaban J connectivity index is 2.90. The van der Waals surface area contributed by atoms with Crippen LogP contribution in [0.3, 0.4) is 0 Å². The fourth-order valence-electron chi connectivity index (χ4n) is 1.15. The third-order valence-corrected chi connectivity index (χ3v) is 2.50. The van der Waals surface area contributed by atoms with E-state index in [1.807, 2.05) is 0 Å². The standard InChI is InChI=1S/C10H11BrFNO2/c1-2-15-10(14)5-7-8(11)3-6(13)4-9(7)12/h3-4H,2,5,13H2,1H3. The van der Waals surface area contributed by atoms with Crippen LogP contribution < -0.4 is 5.73 Å². The van der Waals surface area contributed by atoms with Gasteiger partial charge in [0.2, 0.25) is 0 Å². The summed E-state index contributed by atoms with van der Waals surface area (Å²) in [6.45, 7) is 1.99. The summed E-state index contributed by atoms with van der Waals surface area (Å²) in [5.41, 5.74) is 6.01. The Morgan fingerprint density at radius 3 is 2.80 bits per heavy atom. The lowest BCUT2D eigenvalue weighted by atomic mass is 10.1. The van der Waals surface area contributed by atoms with Gasteiger partial charge in [-0.05, 0) is 19.1 Å². The number of carbonyl (C=O) groups is 1. The van der Waals surface area contributed by atoms with Crippen molar-refractivity contribution in [2.45, 2.75) is 13.3 Å². The lowest BCUT2D eigenvalue weighted by Gasteiger charge is -2.06. The number of esters is 1. The molecule has 0 spiro atoms. The fraction of sp³-hybridized carbons (Fsp3) is 0.300. The number of nitrogen functional groups attached to an aromatic ring is 1. The zero-order valence-electron chi connectivity index (χ0n) is 8.22. The molecule has 1 aromatic rings. The second kappa shape index (κ2) is 5.11. The van der Waals surface area contributed by atoms with Gasteiger partial charge in [-0.25, -0.2) is 4.39 Å². The zero-order chi connectivity index (χ0) is 11.4. The van der Waals surface area contributed by atoms with Crippen LogP contribution in [0.25, 0.3) is 0 Å². The summed E-state index contributed by atoms with van der Waals surface area (Å²) in [4.78, 5) is 11.2. The highest BCUT2D eigenvalue weighted by Crippen LogP contribution is 2.24. The Morgan fingerprint density at radius 1 is 1.60 bits per heavy atom. The normalized spacial score (nSPS) is 10.1. The second-order valence-electron chi connectivity index (χ2n) is 2.94. The van der Waals surface area contributed by atoms with Gasteiger partial charge in [0.25, 0.3) is 0 Å². The van der Waals surface area contributed by atoms with Crippen molar-refractivity contribution < 1.29 is 13.9 Å². The first-order valence-corrected chi connectivity index (χ1v) is 5.23. The van der Waals surface area contributed by atoms with Crippen LogP contribution in [0.4, 0.5) is 10.1 Å². The highest BCUT2D eigenvalue weighted by atomic mass is 79.9. The van der Waals surface area contributed by atoms with E-state index in [1.54, 1.807) is 13.0 Å². The molecule has 0 saturated carbocycles. The molecule has 1 aromatic carbocycles. The van der Waals surface area contributed by atoms with E-state index in [0.29, 0.717) is 10.2 Å². The van der Waals surface area contributed by atoms with Gasteiger partial charge in [0.15, 0.2) is 0 Å². The maximum atomic E-state index is 13.4. The molecule has 1 rings (SSSR count). The number of hydrogen-bond donors (Lipinski definition) is 1. The van der Waals surface area contributed by atoms with Crippen LogP contribution in [0.5, 0.6) is 0 Å². The van der Waals surface area contributed by atoms with Crippen LogP contribution in [0.15, 0.2) is 16.6 Å². The van der Waals surface area contributed by atoms with Crippen molar-refractivity contribution in [2.24, 2.45) is 0 Å². The van der Waals surface area contributed by atoms with Crippen molar-refractivity contribution in [1.82, 2.24) is 0 Å².